The third-order valence-corrected chi connectivity index (χ3v) is 8.11. The molecule has 0 unspecified atom stereocenters. The van der Waals surface area contributed by atoms with Crippen LogP contribution >= 0.6 is 0 Å². The Hall–Kier alpha value is -1.84. The predicted molar refractivity (Wildman–Crippen MR) is 99.0 cm³/mol. The zero-order valence-electron chi connectivity index (χ0n) is 15.6. The molecule has 2 amide bonds. The molecular weight excluding hydrogens is 385 g/mol. The van der Waals surface area contributed by atoms with Gasteiger partial charge in [0.2, 0.25) is 21.8 Å². The van der Waals surface area contributed by atoms with E-state index < -0.39 is 21.3 Å². The normalized spacial score (nSPS) is 23.8. The van der Waals surface area contributed by atoms with Gasteiger partial charge in [0.05, 0.1) is 12.1 Å². The number of likely N-dealkylation sites (tertiary alicyclic amines) is 1. The highest BCUT2D eigenvalue weighted by atomic mass is 32.2. The highest BCUT2D eigenvalue weighted by molar-refractivity contribution is 7.89. The van der Waals surface area contributed by atoms with Gasteiger partial charge in [-0.05, 0) is 25.0 Å². The van der Waals surface area contributed by atoms with Gasteiger partial charge in [0.15, 0.2) is 0 Å². The molecule has 3 fully saturated rings. The third kappa shape index (κ3) is 3.25. The van der Waals surface area contributed by atoms with E-state index in [4.69, 9.17) is 0 Å². The Morgan fingerprint density at radius 3 is 2.29 bits per heavy atom. The first-order valence-corrected chi connectivity index (χ1v) is 11.1. The molecule has 152 valence electrons. The molecule has 28 heavy (non-hydrogen) atoms. The van der Waals surface area contributed by atoms with E-state index in [1.165, 1.54) is 27.4 Å². The number of amides is 2. The predicted octanol–water partition coefficient (Wildman–Crippen LogP) is 1.41. The Balaban J connectivity index is 1.39. The molecule has 0 atom stereocenters. The first kappa shape index (κ1) is 19.5. The van der Waals surface area contributed by atoms with Crippen LogP contribution in [0.2, 0.25) is 0 Å². The van der Waals surface area contributed by atoms with Gasteiger partial charge >= 0.3 is 0 Å². The molecule has 0 radical (unpaired) electrons. The van der Waals surface area contributed by atoms with Gasteiger partial charge in [0, 0.05) is 32.6 Å². The van der Waals surface area contributed by atoms with E-state index in [0.29, 0.717) is 19.5 Å². The van der Waals surface area contributed by atoms with Crippen molar-refractivity contribution in [2.24, 2.45) is 5.41 Å². The van der Waals surface area contributed by atoms with Gasteiger partial charge < -0.3 is 0 Å². The van der Waals surface area contributed by atoms with Gasteiger partial charge in [0.25, 0.3) is 0 Å². The van der Waals surface area contributed by atoms with Gasteiger partial charge in [-0.1, -0.05) is 25.0 Å². The second kappa shape index (κ2) is 7.20. The number of nitrogens with zero attached hydrogens (tertiary/aromatic N) is 3. The van der Waals surface area contributed by atoms with Gasteiger partial charge in [-0.2, -0.15) is 4.31 Å². The molecule has 4 rings (SSSR count). The van der Waals surface area contributed by atoms with Crippen LogP contribution in [0.15, 0.2) is 29.2 Å². The van der Waals surface area contributed by atoms with Crippen molar-refractivity contribution >= 4 is 21.8 Å². The Morgan fingerprint density at radius 2 is 1.64 bits per heavy atom. The smallest absolute Gasteiger partial charge is 0.246 e. The average Bonchev–Trinajstić information content (AvgIpc) is 3.23. The molecule has 3 aliphatic rings. The van der Waals surface area contributed by atoms with Crippen LogP contribution in [0.3, 0.4) is 0 Å². The number of hydrogen-bond donors (Lipinski definition) is 0. The average molecular weight is 409 g/mol. The van der Waals surface area contributed by atoms with Crippen LogP contribution in [0.25, 0.3) is 0 Å². The monoisotopic (exact) mass is 409 g/mol. The van der Waals surface area contributed by atoms with Gasteiger partial charge in [-0.3, -0.25) is 19.4 Å². The summed E-state index contributed by atoms with van der Waals surface area (Å²) in [6.07, 6.45) is 3.83. The fraction of sp³-hybridized carbons (Fsp3) is 0.579. The molecule has 2 heterocycles. The summed E-state index contributed by atoms with van der Waals surface area (Å²) in [5.74, 6) is -0.968. The number of rotatable bonds is 4. The molecule has 1 aromatic rings. The minimum atomic E-state index is -3.90. The standard InChI is InChI=1S/C19H24FN3O4S/c20-15-5-1-2-6-16(15)28(26,27)22-11-9-21(10-12-22)14-23-17(24)13-19(18(23)25)7-3-4-8-19/h1-2,5-6H,3-4,7-14H2. The first-order chi connectivity index (χ1) is 13.3. The Labute approximate surface area is 164 Å². The van der Waals surface area contributed by atoms with Crippen molar-refractivity contribution in [3.05, 3.63) is 30.1 Å². The summed E-state index contributed by atoms with van der Waals surface area (Å²) in [7, 11) is -3.90. The second-order valence-corrected chi connectivity index (χ2v) is 9.79. The minimum Gasteiger partial charge on any atom is -0.283 e. The summed E-state index contributed by atoms with van der Waals surface area (Å²) in [4.78, 5) is 28.1. The van der Waals surface area contributed by atoms with E-state index in [-0.39, 0.29) is 36.5 Å². The molecule has 0 aromatic heterocycles. The number of carbonyl (C=O) groups excluding carboxylic acids is 2. The van der Waals surface area contributed by atoms with Crippen molar-refractivity contribution in [3.8, 4) is 0 Å². The number of piperazine rings is 1. The van der Waals surface area contributed by atoms with E-state index in [1.807, 2.05) is 4.90 Å². The van der Waals surface area contributed by atoms with E-state index in [9.17, 15) is 22.4 Å². The lowest BCUT2D eigenvalue weighted by atomic mass is 9.85. The molecule has 9 heteroatoms. The van der Waals surface area contributed by atoms with Crippen LogP contribution in [0, 0.1) is 11.2 Å². The summed E-state index contributed by atoms with van der Waals surface area (Å²) in [6, 6.07) is 5.34. The molecule has 7 nitrogen and oxygen atoms in total. The third-order valence-electron chi connectivity index (χ3n) is 6.18. The zero-order valence-corrected chi connectivity index (χ0v) is 16.5. The van der Waals surface area contributed by atoms with Crippen LogP contribution in [0.1, 0.15) is 32.1 Å². The molecule has 1 aromatic carbocycles. The maximum Gasteiger partial charge on any atom is 0.246 e. The summed E-state index contributed by atoms with van der Waals surface area (Å²) < 4.78 is 40.5. The highest BCUT2D eigenvalue weighted by Crippen LogP contribution is 2.46. The van der Waals surface area contributed by atoms with Crippen molar-refractivity contribution in [3.63, 3.8) is 0 Å². The number of hydrogen-bond acceptors (Lipinski definition) is 5. The minimum absolute atomic E-state index is 0.0728. The Kier molecular flexibility index (Phi) is 5.01. The van der Waals surface area contributed by atoms with Crippen molar-refractivity contribution in [2.45, 2.75) is 37.0 Å². The molecule has 1 aliphatic carbocycles. The maximum absolute atomic E-state index is 13.9. The quantitative estimate of drug-likeness (QED) is 0.703. The number of benzene rings is 1. The summed E-state index contributed by atoms with van der Waals surface area (Å²) in [5.41, 5.74) is -0.493. The number of imide groups is 1. The summed E-state index contributed by atoms with van der Waals surface area (Å²) >= 11 is 0. The van der Waals surface area contributed by atoms with Gasteiger partial charge in [-0.25, -0.2) is 12.8 Å². The lowest BCUT2D eigenvalue weighted by Gasteiger charge is -2.35. The largest absolute Gasteiger partial charge is 0.283 e. The lowest BCUT2D eigenvalue weighted by molar-refractivity contribution is -0.144. The molecular formula is C19H24FN3O4S. The second-order valence-electron chi connectivity index (χ2n) is 7.89. The highest BCUT2D eigenvalue weighted by Gasteiger charge is 2.52. The topological polar surface area (TPSA) is 78.0 Å². The van der Waals surface area contributed by atoms with Crippen molar-refractivity contribution in [1.29, 1.82) is 0 Å². The van der Waals surface area contributed by atoms with E-state index in [2.05, 4.69) is 0 Å². The van der Waals surface area contributed by atoms with Crippen molar-refractivity contribution in [1.82, 2.24) is 14.1 Å². The van der Waals surface area contributed by atoms with Crippen LogP contribution in [0.4, 0.5) is 4.39 Å². The van der Waals surface area contributed by atoms with Crippen LogP contribution in [-0.2, 0) is 19.6 Å². The van der Waals surface area contributed by atoms with Gasteiger partial charge in [0.1, 0.15) is 10.7 Å². The Morgan fingerprint density at radius 1 is 1.00 bits per heavy atom. The van der Waals surface area contributed by atoms with E-state index in [0.717, 1.165) is 31.7 Å². The fourth-order valence-electron chi connectivity index (χ4n) is 4.55. The summed E-state index contributed by atoms with van der Waals surface area (Å²) in [5, 5.41) is 0. The molecule has 1 spiro atoms. The molecule has 0 bridgehead atoms. The summed E-state index contributed by atoms with van der Waals surface area (Å²) in [6.45, 7) is 1.36. The zero-order chi connectivity index (χ0) is 19.9. The SMILES string of the molecule is O=C1CC2(CCCC2)C(=O)N1CN1CCN(S(=O)(=O)c2ccccc2F)CC1. The molecule has 1 saturated carbocycles. The van der Waals surface area contributed by atoms with Crippen molar-refractivity contribution in [2.75, 3.05) is 32.8 Å². The number of sulfonamides is 1. The molecule has 2 saturated heterocycles. The molecule has 2 aliphatic heterocycles. The van der Waals surface area contributed by atoms with Crippen LogP contribution < -0.4 is 0 Å². The van der Waals surface area contributed by atoms with E-state index >= 15 is 0 Å². The number of carbonyl (C=O) groups is 2. The van der Waals surface area contributed by atoms with E-state index in [1.54, 1.807) is 0 Å². The first-order valence-electron chi connectivity index (χ1n) is 9.65. The maximum atomic E-state index is 13.9. The Bertz CT molecular complexity index is 890. The van der Waals surface area contributed by atoms with Crippen LogP contribution in [-0.4, -0.2) is 67.2 Å². The van der Waals surface area contributed by atoms with Gasteiger partial charge in [-0.15, -0.1) is 0 Å². The van der Waals surface area contributed by atoms with Crippen molar-refractivity contribution < 1.29 is 22.4 Å². The lowest BCUT2D eigenvalue weighted by Crippen LogP contribution is -2.52. The molecule has 0 N–H and O–H groups in total. The number of halogens is 1. The fourth-order valence-corrected chi connectivity index (χ4v) is 6.04. The van der Waals surface area contributed by atoms with Crippen LogP contribution in [0.5, 0.6) is 0 Å².